The van der Waals surface area contributed by atoms with Crippen LogP contribution >= 0.6 is 11.3 Å². The lowest BCUT2D eigenvalue weighted by Gasteiger charge is -2.21. The van der Waals surface area contributed by atoms with Crippen molar-refractivity contribution >= 4 is 39.0 Å². The molecule has 0 radical (unpaired) electrons. The Bertz CT molecular complexity index is 1010. The highest BCUT2D eigenvalue weighted by atomic mass is 32.1. The lowest BCUT2D eigenvalue weighted by Crippen LogP contribution is -2.31. The summed E-state index contributed by atoms with van der Waals surface area (Å²) < 4.78 is 0. The molecule has 0 fully saturated rings. The molecule has 28 heavy (non-hydrogen) atoms. The third-order valence-corrected chi connectivity index (χ3v) is 6.65. The van der Waals surface area contributed by atoms with Crippen LogP contribution in [0.5, 0.6) is 0 Å². The van der Waals surface area contributed by atoms with Crippen molar-refractivity contribution < 1.29 is 4.79 Å². The van der Waals surface area contributed by atoms with Crippen molar-refractivity contribution in [1.82, 2.24) is 9.97 Å². The number of hydrogen-bond donors (Lipinski definition) is 1. The number of fused-ring (bicyclic) bond motifs is 3. The average molecular weight is 395 g/mol. The molecule has 1 atom stereocenters. The minimum atomic E-state index is -0.0344. The fraction of sp³-hybridized carbons (Fsp3) is 0.409. The number of nitrogens with zero attached hydrogens (tertiary/aromatic N) is 3. The second-order valence-corrected chi connectivity index (χ2v) is 8.73. The number of benzene rings is 1. The van der Waals surface area contributed by atoms with E-state index >= 15 is 0 Å². The van der Waals surface area contributed by atoms with Gasteiger partial charge in [-0.1, -0.05) is 32.0 Å². The van der Waals surface area contributed by atoms with Crippen LogP contribution in [0.25, 0.3) is 10.2 Å². The third kappa shape index (κ3) is 3.61. The van der Waals surface area contributed by atoms with Gasteiger partial charge >= 0.3 is 0 Å². The number of thiophene rings is 1. The first-order valence-electron chi connectivity index (χ1n) is 9.91. The Morgan fingerprint density at radius 2 is 2.14 bits per heavy atom. The van der Waals surface area contributed by atoms with Gasteiger partial charge in [-0.2, -0.15) is 0 Å². The molecule has 0 aliphatic heterocycles. The minimum absolute atomic E-state index is 0.0344. The van der Waals surface area contributed by atoms with E-state index in [0.717, 1.165) is 52.5 Å². The Hall–Kier alpha value is -2.47. The summed E-state index contributed by atoms with van der Waals surface area (Å²) in [6, 6.07) is 7.95. The van der Waals surface area contributed by atoms with E-state index in [1.807, 2.05) is 36.2 Å². The van der Waals surface area contributed by atoms with Crippen molar-refractivity contribution in [2.24, 2.45) is 5.92 Å². The van der Waals surface area contributed by atoms with E-state index < -0.39 is 0 Å². The molecule has 6 heteroatoms. The molecule has 146 valence electrons. The quantitative estimate of drug-likeness (QED) is 0.694. The van der Waals surface area contributed by atoms with E-state index in [-0.39, 0.29) is 12.5 Å². The fourth-order valence-electron chi connectivity index (χ4n) is 3.98. The second-order valence-electron chi connectivity index (χ2n) is 7.64. The highest BCUT2D eigenvalue weighted by Gasteiger charge is 2.24. The molecule has 3 aromatic rings. The number of carbonyl (C=O) groups excluding carboxylic acids is 1. The molecule has 1 aliphatic carbocycles. The molecule has 1 N–H and O–H groups in total. The highest BCUT2D eigenvalue weighted by Crippen LogP contribution is 2.40. The maximum absolute atomic E-state index is 12.7. The van der Waals surface area contributed by atoms with E-state index in [1.54, 1.807) is 17.7 Å². The Balaban J connectivity index is 1.57. The van der Waals surface area contributed by atoms with E-state index in [1.165, 1.54) is 16.9 Å². The van der Waals surface area contributed by atoms with Crippen LogP contribution in [0.15, 0.2) is 30.6 Å². The zero-order valence-electron chi connectivity index (χ0n) is 16.7. The molecule has 0 saturated heterocycles. The minimum Gasteiger partial charge on any atom is -0.350 e. The van der Waals surface area contributed by atoms with Crippen LogP contribution in [0, 0.1) is 5.92 Å². The smallest absolute Gasteiger partial charge is 0.243 e. The average Bonchev–Trinajstić information content (AvgIpc) is 3.05. The predicted molar refractivity (Wildman–Crippen MR) is 116 cm³/mol. The van der Waals surface area contributed by atoms with Crippen LogP contribution in [0.3, 0.4) is 0 Å². The number of amides is 1. The topological polar surface area (TPSA) is 58.1 Å². The molecule has 1 aromatic carbocycles. The van der Waals surface area contributed by atoms with E-state index in [9.17, 15) is 4.79 Å². The molecule has 1 aliphatic rings. The SMILES string of the molecule is CCc1ccccc1NC(=O)CN(C)c1ncnc2sc3c(c12)CC[C@H](C)C3. The van der Waals surface area contributed by atoms with Gasteiger partial charge in [0.2, 0.25) is 5.91 Å². The largest absolute Gasteiger partial charge is 0.350 e. The molecule has 1 amide bonds. The molecule has 4 rings (SSSR count). The zero-order valence-corrected chi connectivity index (χ0v) is 17.5. The van der Waals surface area contributed by atoms with Crippen molar-refractivity contribution in [2.45, 2.75) is 39.5 Å². The molecular formula is C22H26N4OS. The first-order chi connectivity index (χ1) is 13.6. The first kappa shape index (κ1) is 18.9. The summed E-state index contributed by atoms with van der Waals surface area (Å²) in [5.74, 6) is 1.54. The number of anilines is 2. The van der Waals surface area contributed by atoms with Gasteiger partial charge in [0, 0.05) is 17.6 Å². The Morgan fingerprint density at radius 3 is 2.96 bits per heavy atom. The molecular weight excluding hydrogens is 368 g/mol. The number of para-hydroxylation sites is 1. The number of carbonyl (C=O) groups is 1. The third-order valence-electron chi connectivity index (χ3n) is 5.49. The summed E-state index contributed by atoms with van der Waals surface area (Å²) in [4.78, 5) is 26.1. The van der Waals surface area contributed by atoms with Crippen LogP contribution in [0.4, 0.5) is 11.5 Å². The molecule has 2 aromatic heterocycles. The van der Waals surface area contributed by atoms with Crippen molar-refractivity contribution in [3.8, 4) is 0 Å². The Labute approximate surface area is 169 Å². The molecule has 0 unspecified atom stereocenters. The van der Waals surface area contributed by atoms with E-state index in [0.29, 0.717) is 0 Å². The molecule has 0 bridgehead atoms. The van der Waals surface area contributed by atoms with Crippen molar-refractivity contribution in [3.63, 3.8) is 0 Å². The van der Waals surface area contributed by atoms with Gasteiger partial charge in [0.1, 0.15) is 17.0 Å². The number of rotatable bonds is 5. The van der Waals surface area contributed by atoms with Gasteiger partial charge in [-0.05, 0) is 48.8 Å². The van der Waals surface area contributed by atoms with E-state index in [2.05, 4.69) is 29.1 Å². The van der Waals surface area contributed by atoms with Gasteiger partial charge in [-0.15, -0.1) is 11.3 Å². The number of hydrogen-bond acceptors (Lipinski definition) is 5. The monoisotopic (exact) mass is 394 g/mol. The molecule has 0 saturated carbocycles. The van der Waals surface area contributed by atoms with Gasteiger partial charge in [0.15, 0.2) is 0 Å². The van der Waals surface area contributed by atoms with Crippen molar-refractivity contribution in [2.75, 3.05) is 23.8 Å². The maximum atomic E-state index is 12.7. The summed E-state index contributed by atoms with van der Waals surface area (Å²) in [5.41, 5.74) is 3.42. The van der Waals surface area contributed by atoms with Crippen molar-refractivity contribution in [3.05, 3.63) is 46.6 Å². The summed E-state index contributed by atoms with van der Waals surface area (Å²) in [6.45, 7) is 4.66. The summed E-state index contributed by atoms with van der Waals surface area (Å²) >= 11 is 1.78. The lowest BCUT2D eigenvalue weighted by atomic mass is 9.89. The maximum Gasteiger partial charge on any atom is 0.243 e. The van der Waals surface area contributed by atoms with Crippen LogP contribution < -0.4 is 10.2 Å². The van der Waals surface area contributed by atoms with Crippen LogP contribution in [-0.2, 0) is 24.1 Å². The second kappa shape index (κ2) is 7.87. The van der Waals surface area contributed by atoms with Gasteiger partial charge in [0.05, 0.1) is 11.9 Å². The normalized spacial score (nSPS) is 16.0. The van der Waals surface area contributed by atoms with Crippen LogP contribution in [0.1, 0.15) is 36.3 Å². The zero-order chi connectivity index (χ0) is 19.7. The number of nitrogens with one attached hydrogen (secondary N) is 1. The van der Waals surface area contributed by atoms with Gasteiger partial charge in [0.25, 0.3) is 0 Å². The van der Waals surface area contributed by atoms with Gasteiger partial charge in [-0.3, -0.25) is 4.79 Å². The molecule has 0 spiro atoms. The van der Waals surface area contributed by atoms with Crippen molar-refractivity contribution in [1.29, 1.82) is 0 Å². The van der Waals surface area contributed by atoms with Gasteiger partial charge < -0.3 is 10.2 Å². The number of likely N-dealkylation sites (N-methyl/N-ethyl adjacent to an activating group) is 1. The van der Waals surface area contributed by atoms with Gasteiger partial charge in [-0.25, -0.2) is 9.97 Å². The number of aromatic nitrogens is 2. The summed E-state index contributed by atoms with van der Waals surface area (Å²) in [6.07, 6.45) is 5.89. The van der Waals surface area contributed by atoms with E-state index in [4.69, 9.17) is 0 Å². The molecule has 5 nitrogen and oxygen atoms in total. The van der Waals surface area contributed by atoms with Crippen LogP contribution in [0.2, 0.25) is 0 Å². The standard InChI is InChI=1S/C22H26N4OS/c1-4-15-7-5-6-8-17(15)25-19(27)12-26(3)21-20-16-10-9-14(2)11-18(16)28-22(20)24-13-23-21/h5-8,13-14H,4,9-12H2,1-3H3,(H,25,27)/t14-/m0/s1. The molecule has 2 heterocycles. The summed E-state index contributed by atoms with van der Waals surface area (Å²) in [5, 5.41) is 4.19. The predicted octanol–water partition coefficient (Wildman–Crippen LogP) is 4.45. The summed E-state index contributed by atoms with van der Waals surface area (Å²) in [7, 11) is 1.93. The number of aryl methyl sites for hydroxylation is 2. The first-order valence-corrected chi connectivity index (χ1v) is 10.7. The fourth-order valence-corrected chi connectivity index (χ4v) is 5.32. The lowest BCUT2D eigenvalue weighted by molar-refractivity contribution is -0.114. The Kier molecular flexibility index (Phi) is 5.31. The van der Waals surface area contributed by atoms with Crippen LogP contribution in [-0.4, -0.2) is 29.5 Å². The Morgan fingerprint density at radius 1 is 1.32 bits per heavy atom. The highest BCUT2D eigenvalue weighted by molar-refractivity contribution is 7.19.